The van der Waals surface area contributed by atoms with Gasteiger partial charge in [-0.1, -0.05) is 25.4 Å². The molecule has 0 spiro atoms. The zero-order valence-corrected chi connectivity index (χ0v) is 12.2. The summed E-state index contributed by atoms with van der Waals surface area (Å²) in [4.78, 5) is 10.5. The second kappa shape index (κ2) is 6.25. The van der Waals surface area contributed by atoms with Crippen LogP contribution < -0.4 is 4.74 Å². The maximum Gasteiger partial charge on any atom is 0.341 e. The van der Waals surface area contributed by atoms with Gasteiger partial charge in [0.05, 0.1) is 15.7 Å². The second-order valence-electron chi connectivity index (χ2n) is 4.45. The summed E-state index contributed by atoms with van der Waals surface area (Å²) in [6.45, 7) is 3.09. The fourth-order valence-corrected chi connectivity index (χ4v) is 3.41. The first-order valence-electron chi connectivity index (χ1n) is 5.59. The van der Waals surface area contributed by atoms with E-state index < -0.39 is 22.4 Å². The van der Waals surface area contributed by atoms with Crippen LogP contribution in [-0.2, 0) is 14.6 Å². The van der Waals surface area contributed by atoms with Gasteiger partial charge < -0.3 is 9.84 Å². The van der Waals surface area contributed by atoms with Crippen molar-refractivity contribution < 1.29 is 23.1 Å². The summed E-state index contributed by atoms with van der Waals surface area (Å²) in [5.41, 5.74) is 0. The molecule has 106 valence electrons. The third kappa shape index (κ3) is 4.72. The Labute approximate surface area is 117 Å². The monoisotopic (exact) mass is 306 g/mol. The van der Waals surface area contributed by atoms with Crippen molar-refractivity contribution >= 4 is 27.4 Å². The summed E-state index contributed by atoms with van der Waals surface area (Å²) >= 11 is 5.87. The number of carboxylic acids is 1. The average Bonchev–Trinajstić information content (AvgIpc) is 2.25. The summed E-state index contributed by atoms with van der Waals surface area (Å²) in [5.74, 6) is -0.953. The average molecular weight is 307 g/mol. The predicted octanol–water partition coefficient (Wildman–Crippen LogP) is 2.23. The fraction of sp³-hybridized carbons (Fsp3) is 0.417. The Morgan fingerprint density at radius 1 is 1.42 bits per heavy atom. The van der Waals surface area contributed by atoms with Crippen LogP contribution in [0, 0.1) is 5.92 Å². The van der Waals surface area contributed by atoms with Crippen LogP contribution in [0.4, 0.5) is 0 Å². The van der Waals surface area contributed by atoms with Gasteiger partial charge in [-0.15, -0.1) is 0 Å². The highest BCUT2D eigenvalue weighted by Crippen LogP contribution is 2.28. The molecule has 0 amide bonds. The molecular weight excluding hydrogens is 292 g/mol. The third-order valence-electron chi connectivity index (χ3n) is 2.17. The molecule has 0 aromatic heterocycles. The van der Waals surface area contributed by atoms with E-state index in [1.165, 1.54) is 18.2 Å². The van der Waals surface area contributed by atoms with Crippen LogP contribution in [0.2, 0.25) is 5.02 Å². The molecule has 0 fully saturated rings. The van der Waals surface area contributed by atoms with Gasteiger partial charge in [0.15, 0.2) is 16.4 Å². The third-order valence-corrected chi connectivity index (χ3v) is 4.54. The molecular formula is C12H15ClO5S. The van der Waals surface area contributed by atoms with E-state index in [4.69, 9.17) is 21.4 Å². The molecule has 0 atom stereocenters. The van der Waals surface area contributed by atoms with Crippen molar-refractivity contribution in [3.63, 3.8) is 0 Å². The van der Waals surface area contributed by atoms with Crippen LogP contribution in [0.5, 0.6) is 5.75 Å². The Morgan fingerprint density at radius 3 is 2.53 bits per heavy atom. The van der Waals surface area contributed by atoms with E-state index in [9.17, 15) is 13.2 Å². The highest BCUT2D eigenvalue weighted by atomic mass is 35.5. The van der Waals surface area contributed by atoms with Crippen molar-refractivity contribution in [3.05, 3.63) is 23.2 Å². The predicted molar refractivity (Wildman–Crippen MR) is 71.5 cm³/mol. The topological polar surface area (TPSA) is 80.7 Å². The Morgan fingerprint density at radius 2 is 2.05 bits per heavy atom. The van der Waals surface area contributed by atoms with Gasteiger partial charge in [0.2, 0.25) is 0 Å². The lowest BCUT2D eigenvalue weighted by molar-refractivity contribution is -0.139. The van der Waals surface area contributed by atoms with E-state index in [1.54, 1.807) is 0 Å². The molecule has 0 unspecified atom stereocenters. The van der Waals surface area contributed by atoms with Crippen molar-refractivity contribution in [2.24, 2.45) is 5.92 Å². The largest absolute Gasteiger partial charge is 0.480 e. The zero-order valence-electron chi connectivity index (χ0n) is 10.6. The standard InChI is InChI=1S/C12H15ClO5S/c1-8(2)7-19(16,17)9-3-4-11(10(13)5-9)18-6-12(14)15/h3-5,8H,6-7H2,1-2H3,(H,14,15). The highest BCUT2D eigenvalue weighted by Gasteiger charge is 2.18. The van der Waals surface area contributed by atoms with Crippen LogP contribution in [0.25, 0.3) is 0 Å². The SMILES string of the molecule is CC(C)CS(=O)(=O)c1ccc(OCC(=O)O)c(Cl)c1. The van der Waals surface area contributed by atoms with E-state index in [-0.39, 0.29) is 27.3 Å². The quantitative estimate of drug-likeness (QED) is 0.871. The van der Waals surface area contributed by atoms with E-state index >= 15 is 0 Å². The van der Waals surface area contributed by atoms with Crippen molar-refractivity contribution in [1.29, 1.82) is 0 Å². The fourth-order valence-electron chi connectivity index (χ4n) is 1.47. The van der Waals surface area contributed by atoms with Gasteiger partial charge in [0, 0.05) is 0 Å². The molecule has 0 aliphatic rings. The minimum absolute atomic E-state index is 0.00622. The number of aliphatic carboxylic acids is 1. The molecule has 0 saturated carbocycles. The summed E-state index contributed by atoms with van der Waals surface area (Å²) in [6.07, 6.45) is 0. The number of rotatable bonds is 6. The van der Waals surface area contributed by atoms with Crippen LogP contribution in [-0.4, -0.2) is 31.9 Å². The molecule has 0 saturated heterocycles. The number of carboxylic acid groups (broad SMARTS) is 1. The first-order chi connectivity index (χ1) is 8.72. The molecule has 0 radical (unpaired) electrons. The number of benzene rings is 1. The molecule has 1 rings (SSSR count). The van der Waals surface area contributed by atoms with Gasteiger partial charge in [0.25, 0.3) is 0 Å². The lowest BCUT2D eigenvalue weighted by Crippen LogP contribution is -2.12. The van der Waals surface area contributed by atoms with Crippen molar-refractivity contribution in [1.82, 2.24) is 0 Å². The highest BCUT2D eigenvalue weighted by molar-refractivity contribution is 7.91. The van der Waals surface area contributed by atoms with Crippen LogP contribution in [0.15, 0.2) is 23.1 Å². The number of sulfone groups is 1. The Bertz CT molecular complexity index is 565. The van der Waals surface area contributed by atoms with Gasteiger partial charge in [0.1, 0.15) is 5.75 Å². The first kappa shape index (κ1) is 15.8. The molecule has 1 aromatic rings. The van der Waals surface area contributed by atoms with Gasteiger partial charge in [-0.2, -0.15) is 0 Å². The number of carbonyl (C=O) groups is 1. The molecule has 0 heterocycles. The molecule has 0 aliphatic heterocycles. The maximum atomic E-state index is 12.0. The molecule has 0 aliphatic carbocycles. The van der Waals surface area contributed by atoms with Gasteiger partial charge in [-0.3, -0.25) is 0 Å². The molecule has 1 aromatic carbocycles. The number of hydrogen-bond acceptors (Lipinski definition) is 4. The van der Waals surface area contributed by atoms with Gasteiger partial charge in [-0.25, -0.2) is 13.2 Å². The number of hydrogen-bond donors (Lipinski definition) is 1. The summed E-state index contributed by atoms with van der Waals surface area (Å²) in [5, 5.41) is 8.56. The minimum Gasteiger partial charge on any atom is -0.480 e. The van der Waals surface area contributed by atoms with Crippen molar-refractivity contribution in [3.8, 4) is 5.75 Å². The molecule has 1 N–H and O–H groups in total. The van der Waals surface area contributed by atoms with E-state index in [0.29, 0.717) is 0 Å². The van der Waals surface area contributed by atoms with E-state index in [1.807, 2.05) is 13.8 Å². The molecule has 19 heavy (non-hydrogen) atoms. The summed E-state index contributed by atoms with van der Waals surface area (Å²) in [6, 6.07) is 4.00. The first-order valence-corrected chi connectivity index (χ1v) is 7.62. The van der Waals surface area contributed by atoms with Gasteiger partial charge >= 0.3 is 5.97 Å². The number of ether oxygens (including phenoxy) is 1. The van der Waals surface area contributed by atoms with Crippen LogP contribution in [0.1, 0.15) is 13.8 Å². The second-order valence-corrected chi connectivity index (χ2v) is 6.89. The Kier molecular flexibility index (Phi) is 5.20. The van der Waals surface area contributed by atoms with Crippen molar-refractivity contribution in [2.45, 2.75) is 18.7 Å². The maximum absolute atomic E-state index is 12.0. The summed E-state index contributed by atoms with van der Waals surface area (Å²) < 4.78 is 28.9. The zero-order chi connectivity index (χ0) is 14.6. The van der Waals surface area contributed by atoms with Gasteiger partial charge in [-0.05, 0) is 24.1 Å². The lowest BCUT2D eigenvalue weighted by atomic mass is 10.3. The van der Waals surface area contributed by atoms with E-state index in [2.05, 4.69) is 0 Å². The van der Waals surface area contributed by atoms with E-state index in [0.717, 1.165) is 0 Å². The van der Waals surface area contributed by atoms with Crippen LogP contribution in [0.3, 0.4) is 0 Å². The Hall–Kier alpha value is -1.27. The smallest absolute Gasteiger partial charge is 0.341 e. The van der Waals surface area contributed by atoms with Crippen molar-refractivity contribution in [2.75, 3.05) is 12.4 Å². The summed E-state index contributed by atoms with van der Waals surface area (Å²) in [7, 11) is -3.39. The normalized spacial score (nSPS) is 11.6. The lowest BCUT2D eigenvalue weighted by Gasteiger charge is -2.10. The number of halogens is 1. The minimum atomic E-state index is -3.39. The molecule has 5 nitrogen and oxygen atoms in total. The molecule has 0 bridgehead atoms. The molecule has 7 heteroatoms. The Balaban J connectivity index is 2.96. The van der Waals surface area contributed by atoms with Crippen LogP contribution >= 0.6 is 11.6 Å².